The van der Waals surface area contributed by atoms with Crippen molar-refractivity contribution in [1.82, 2.24) is 5.48 Å². The van der Waals surface area contributed by atoms with Crippen LogP contribution in [0.4, 0.5) is 4.79 Å². The Morgan fingerprint density at radius 1 is 1.12 bits per heavy atom. The first-order chi connectivity index (χ1) is 6.85. The van der Waals surface area contributed by atoms with Crippen molar-refractivity contribution in [2.24, 2.45) is 0 Å². The van der Waals surface area contributed by atoms with Gasteiger partial charge in [0, 0.05) is 0 Å². The highest BCUT2D eigenvalue weighted by Crippen LogP contribution is 2.07. The zero-order chi connectivity index (χ0) is 13.2. The van der Waals surface area contributed by atoms with Crippen molar-refractivity contribution < 1.29 is 30.7 Å². The number of ether oxygens (including phenoxy) is 1. The molecule has 0 aromatic carbocycles. The molecule has 0 spiro atoms. The van der Waals surface area contributed by atoms with Crippen molar-refractivity contribution in [3.63, 3.8) is 0 Å². The van der Waals surface area contributed by atoms with Crippen LogP contribution in [0.25, 0.3) is 0 Å². The second kappa shape index (κ2) is 4.55. The third-order valence-electron chi connectivity index (χ3n) is 0.997. The summed E-state index contributed by atoms with van der Waals surface area (Å²) in [5.74, 6) is 0. The summed E-state index contributed by atoms with van der Waals surface area (Å²) in [6.45, 7) is 4.62. The topological polar surface area (TPSA) is 116 Å². The van der Waals surface area contributed by atoms with E-state index in [-0.39, 0.29) is 0 Å². The van der Waals surface area contributed by atoms with E-state index in [2.05, 4.69) is 9.02 Å². The molecular weight excluding hydrogens is 262 g/mol. The van der Waals surface area contributed by atoms with Crippen molar-refractivity contribution in [1.29, 1.82) is 0 Å². The molecule has 0 aliphatic rings. The molecule has 1 amide bonds. The Balaban J connectivity index is 4.46. The highest BCUT2D eigenvalue weighted by atomic mass is 33.2. The second-order valence-corrected chi connectivity index (χ2v) is 9.23. The molecule has 10 heteroatoms. The summed E-state index contributed by atoms with van der Waals surface area (Å²) in [7, 11) is -9.35. The lowest BCUT2D eigenvalue weighted by Crippen LogP contribution is -2.35. The largest absolute Gasteiger partial charge is 0.442 e. The van der Waals surface area contributed by atoms with Crippen LogP contribution in [-0.2, 0) is 27.0 Å². The lowest BCUT2D eigenvalue weighted by Gasteiger charge is -2.18. The van der Waals surface area contributed by atoms with Gasteiger partial charge < -0.3 is 4.74 Å². The van der Waals surface area contributed by atoms with Gasteiger partial charge in [0.05, 0.1) is 6.26 Å². The summed E-state index contributed by atoms with van der Waals surface area (Å²) >= 11 is 0. The van der Waals surface area contributed by atoms with E-state index in [1.54, 1.807) is 0 Å². The minimum absolute atomic E-state index is 0.430. The first-order valence-electron chi connectivity index (χ1n) is 3.97. The predicted octanol–water partition coefficient (Wildman–Crippen LogP) is -0.268. The molecule has 0 aromatic heterocycles. The molecule has 0 aliphatic heterocycles. The Bertz CT molecular complexity index is 456. The van der Waals surface area contributed by atoms with E-state index in [4.69, 9.17) is 0 Å². The van der Waals surface area contributed by atoms with Crippen molar-refractivity contribution >= 4 is 24.1 Å². The molecule has 0 saturated carbocycles. The molecule has 0 unspecified atom stereocenters. The zero-order valence-electron chi connectivity index (χ0n) is 9.17. The van der Waals surface area contributed by atoms with Gasteiger partial charge in [-0.1, -0.05) is 0 Å². The van der Waals surface area contributed by atoms with Gasteiger partial charge in [-0.05, 0) is 20.8 Å². The number of carbonyl (C=O) groups is 1. The molecule has 0 heterocycles. The van der Waals surface area contributed by atoms with E-state index < -0.39 is 29.7 Å². The van der Waals surface area contributed by atoms with Crippen molar-refractivity contribution in [3.05, 3.63) is 0 Å². The quantitative estimate of drug-likeness (QED) is 0.556. The predicted molar refractivity (Wildman–Crippen MR) is 54.2 cm³/mol. The van der Waals surface area contributed by atoms with E-state index in [0.717, 1.165) is 0 Å². The fourth-order valence-corrected chi connectivity index (χ4v) is 1.21. The molecular formula is C6H13NO7S2. The average molecular weight is 275 g/mol. The van der Waals surface area contributed by atoms with Gasteiger partial charge in [0.1, 0.15) is 5.60 Å². The minimum Gasteiger partial charge on any atom is -0.442 e. The van der Waals surface area contributed by atoms with Gasteiger partial charge in [-0.25, -0.2) is 13.2 Å². The number of amides is 1. The smallest absolute Gasteiger partial charge is 0.432 e. The Hall–Kier alpha value is -0.870. The number of carbonyl (C=O) groups excluding carboxylic acids is 1. The maximum atomic E-state index is 10.9. The lowest BCUT2D eigenvalue weighted by molar-refractivity contribution is 0.0305. The van der Waals surface area contributed by atoms with Crippen molar-refractivity contribution in [2.45, 2.75) is 26.4 Å². The molecule has 0 saturated heterocycles. The normalized spacial score (nSPS) is 13.2. The number of hydrogen-bond acceptors (Lipinski definition) is 7. The molecule has 0 atom stereocenters. The van der Waals surface area contributed by atoms with Crippen LogP contribution in [-0.4, -0.2) is 34.8 Å². The summed E-state index contributed by atoms with van der Waals surface area (Å²) < 4.78 is 51.3. The van der Waals surface area contributed by atoms with Gasteiger partial charge in [0.2, 0.25) is 0 Å². The van der Waals surface area contributed by atoms with Crippen LogP contribution in [0.5, 0.6) is 0 Å². The summed E-state index contributed by atoms with van der Waals surface area (Å²) in [6, 6.07) is 0. The van der Waals surface area contributed by atoms with Crippen molar-refractivity contribution in [3.8, 4) is 0 Å². The number of hydrogen-bond donors (Lipinski definition) is 1. The third kappa shape index (κ3) is 5.28. The van der Waals surface area contributed by atoms with Crippen LogP contribution in [0.2, 0.25) is 0 Å². The highest BCUT2D eigenvalue weighted by Gasteiger charge is 2.28. The standard InChI is InChI=1S/C6H13NO7S2/c1-6(2,3)13-5(8)7-14-16(11,12)15(4,9)10/h1-4H3,(H,7,8). The van der Waals surface area contributed by atoms with Crippen LogP contribution >= 0.6 is 0 Å². The third-order valence-corrected chi connectivity index (χ3v) is 4.45. The number of nitrogens with one attached hydrogen (secondary N) is 1. The Morgan fingerprint density at radius 2 is 1.56 bits per heavy atom. The Kier molecular flexibility index (Phi) is 4.31. The van der Waals surface area contributed by atoms with Crippen molar-refractivity contribution in [2.75, 3.05) is 6.26 Å². The number of rotatable bonds is 3. The zero-order valence-corrected chi connectivity index (χ0v) is 10.8. The van der Waals surface area contributed by atoms with Crippen LogP contribution < -0.4 is 5.48 Å². The summed E-state index contributed by atoms with van der Waals surface area (Å²) in [6.07, 6.45) is -0.779. The van der Waals surface area contributed by atoms with Crippen LogP contribution in [0.15, 0.2) is 0 Å². The molecule has 0 aliphatic carbocycles. The fourth-order valence-electron chi connectivity index (χ4n) is 0.446. The number of hydroxylamine groups is 1. The van der Waals surface area contributed by atoms with E-state index in [9.17, 15) is 21.6 Å². The fraction of sp³-hybridized carbons (Fsp3) is 0.833. The molecule has 0 fully saturated rings. The van der Waals surface area contributed by atoms with E-state index in [1.807, 2.05) is 0 Å². The Morgan fingerprint density at radius 3 is 1.88 bits per heavy atom. The SMILES string of the molecule is CC(C)(C)OC(=O)NOS(=O)(=O)S(C)(=O)=O. The van der Waals surface area contributed by atoms with Gasteiger partial charge in [0.15, 0.2) is 0 Å². The highest BCUT2D eigenvalue weighted by molar-refractivity contribution is 8.65. The second-order valence-electron chi connectivity index (χ2n) is 3.80. The monoisotopic (exact) mass is 275 g/mol. The first-order valence-corrected chi connectivity index (χ1v) is 7.79. The van der Waals surface area contributed by atoms with Gasteiger partial charge in [-0.2, -0.15) is 13.9 Å². The molecule has 16 heavy (non-hydrogen) atoms. The van der Waals surface area contributed by atoms with Crippen LogP contribution in [0, 0.1) is 0 Å². The molecule has 0 bridgehead atoms. The van der Waals surface area contributed by atoms with Gasteiger partial charge in [-0.3, -0.25) is 0 Å². The van der Waals surface area contributed by atoms with E-state index >= 15 is 0 Å². The molecule has 0 aromatic rings. The average Bonchev–Trinajstić information content (AvgIpc) is 1.95. The van der Waals surface area contributed by atoms with Gasteiger partial charge in [-0.15, -0.1) is 4.28 Å². The minimum atomic E-state index is -4.89. The summed E-state index contributed by atoms with van der Waals surface area (Å²) in [5.41, 5.74) is 0.499. The van der Waals surface area contributed by atoms with E-state index in [0.29, 0.717) is 6.26 Å². The molecule has 8 nitrogen and oxygen atoms in total. The maximum absolute atomic E-state index is 10.9. The maximum Gasteiger partial charge on any atom is 0.432 e. The molecule has 1 N–H and O–H groups in total. The molecule has 0 rings (SSSR count). The Labute approximate surface area is 93.3 Å². The lowest BCUT2D eigenvalue weighted by atomic mass is 10.2. The summed E-state index contributed by atoms with van der Waals surface area (Å²) in [5, 5.41) is 0. The molecule has 0 radical (unpaired) electrons. The van der Waals surface area contributed by atoms with E-state index in [1.165, 1.54) is 26.3 Å². The summed E-state index contributed by atoms with van der Waals surface area (Å²) in [4.78, 5) is 10.9. The van der Waals surface area contributed by atoms with Crippen LogP contribution in [0.3, 0.4) is 0 Å². The van der Waals surface area contributed by atoms with Crippen LogP contribution in [0.1, 0.15) is 20.8 Å². The first kappa shape index (κ1) is 15.1. The van der Waals surface area contributed by atoms with Gasteiger partial charge in [0.25, 0.3) is 8.87 Å². The van der Waals surface area contributed by atoms with Gasteiger partial charge >= 0.3 is 15.2 Å². The molecule has 96 valence electrons.